The number of phenols is 2. The van der Waals surface area contributed by atoms with Crippen molar-refractivity contribution in [1.82, 2.24) is 3.93 Å². The van der Waals surface area contributed by atoms with Gasteiger partial charge in [0, 0.05) is 34.8 Å². The monoisotopic (exact) mass is 243 g/mol. The lowest BCUT2D eigenvalue weighted by molar-refractivity contribution is 0.386. The maximum atomic E-state index is 9.55. The fraction of sp³-hybridized carbons (Fsp3) is 0.333. The van der Waals surface area contributed by atoms with E-state index in [1.807, 2.05) is 9.99 Å². The highest BCUT2D eigenvalue weighted by atomic mass is 79.9. The quantitative estimate of drug-likeness (QED) is 0.540. The zero-order valence-corrected chi connectivity index (χ0v) is 8.58. The van der Waals surface area contributed by atoms with Gasteiger partial charge < -0.3 is 10.2 Å². The Morgan fingerprint density at radius 1 is 1.31 bits per heavy atom. The summed E-state index contributed by atoms with van der Waals surface area (Å²) >= 11 is 3.39. The van der Waals surface area contributed by atoms with Gasteiger partial charge in [-0.05, 0) is 18.1 Å². The Bertz CT molecular complexity index is 341. The van der Waals surface area contributed by atoms with Crippen molar-refractivity contribution in [2.75, 3.05) is 6.54 Å². The number of benzene rings is 1. The largest absolute Gasteiger partial charge is 0.504 e. The van der Waals surface area contributed by atoms with Gasteiger partial charge in [0.25, 0.3) is 0 Å². The molecule has 2 rings (SSSR count). The highest BCUT2D eigenvalue weighted by Crippen LogP contribution is 2.34. The number of hydrogen-bond donors (Lipinski definition) is 2. The minimum absolute atomic E-state index is 0.0261. The molecule has 4 heteroatoms. The van der Waals surface area contributed by atoms with Crippen molar-refractivity contribution in [2.45, 2.75) is 13.0 Å². The van der Waals surface area contributed by atoms with Crippen LogP contribution in [-0.4, -0.2) is 20.7 Å². The second-order valence-electron chi connectivity index (χ2n) is 3.17. The lowest BCUT2D eigenvalue weighted by Crippen LogP contribution is -2.21. The lowest BCUT2D eigenvalue weighted by Gasteiger charge is -2.23. The Balaban J connectivity index is 2.47. The third-order valence-electron chi connectivity index (χ3n) is 2.30. The lowest BCUT2D eigenvalue weighted by atomic mass is 10.00. The average Bonchev–Trinajstić information content (AvgIpc) is 2.12. The van der Waals surface area contributed by atoms with Crippen molar-refractivity contribution in [2.24, 2.45) is 0 Å². The highest BCUT2D eigenvalue weighted by Gasteiger charge is 2.18. The summed E-state index contributed by atoms with van der Waals surface area (Å²) in [6, 6.07) is 3.37. The fourth-order valence-corrected chi connectivity index (χ4v) is 2.04. The molecule has 0 unspecified atom stereocenters. The van der Waals surface area contributed by atoms with Gasteiger partial charge in [-0.25, -0.2) is 3.93 Å². The van der Waals surface area contributed by atoms with E-state index in [1.165, 1.54) is 6.07 Å². The van der Waals surface area contributed by atoms with Crippen LogP contribution in [0.5, 0.6) is 11.5 Å². The second kappa shape index (κ2) is 3.20. The van der Waals surface area contributed by atoms with Crippen LogP contribution in [0.3, 0.4) is 0 Å². The van der Waals surface area contributed by atoms with Crippen LogP contribution in [0.2, 0.25) is 0 Å². The van der Waals surface area contributed by atoms with Crippen LogP contribution in [0, 0.1) is 0 Å². The van der Waals surface area contributed by atoms with Gasteiger partial charge in [-0.1, -0.05) is 6.07 Å². The van der Waals surface area contributed by atoms with Gasteiger partial charge in [0.15, 0.2) is 11.5 Å². The highest BCUT2D eigenvalue weighted by molar-refractivity contribution is 9.07. The van der Waals surface area contributed by atoms with Crippen LogP contribution in [0.25, 0.3) is 0 Å². The number of rotatable bonds is 0. The molecule has 2 N–H and O–H groups in total. The smallest absolute Gasteiger partial charge is 0.161 e. The van der Waals surface area contributed by atoms with Crippen molar-refractivity contribution >= 4 is 16.1 Å². The van der Waals surface area contributed by atoms with E-state index < -0.39 is 0 Å². The van der Waals surface area contributed by atoms with Crippen LogP contribution in [0.15, 0.2) is 12.1 Å². The summed E-state index contributed by atoms with van der Waals surface area (Å²) in [4.78, 5) is 0. The summed E-state index contributed by atoms with van der Waals surface area (Å²) in [6.07, 6.45) is 0.765. The Morgan fingerprint density at radius 2 is 2.08 bits per heavy atom. The van der Waals surface area contributed by atoms with Gasteiger partial charge in [0.05, 0.1) is 0 Å². The predicted molar refractivity (Wildman–Crippen MR) is 52.8 cm³/mol. The molecular weight excluding hydrogens is 234 g/mol. The summed E-state index contributed by atoms with van der Waals surface area (Å²) in [5.41, 5.74) is 1.94. The maximum Gasteiger partial charge on any atom is 0.161 e. The average molecular weight is 244 g/mol. The van der Waals surface area contributed by atoms with Crippen LogP contribution < -0.4 is 0 Å². The number of halogens is 1. The van der Waals surface area contributed by atoms with E-state index in [9.17, 15) is 10.2 Å². The van der Waals surface area contributed by atoms with Crippen molar-refractivity contribution in [3.05, 3.63) is 23.3 Å². The number of hydrogen-bond acceptors (Lipinski definition) is 3. The first-order valence-electron chi connectivity index (χ1n) is 4.12. The molecule has 0 fully saturated rings. The van der Waals surface area contributed by atoms with Gasteiger partial charge in [-0.15, -0.1) is 0 Å². The van der Waals surface area contributed by atoms with E-state index in [2.05, 4.69) is 16.1 Å². The Morgan fingerprint density at radius 3 is 2.85 bits per heavy atom. The summed E-state index contributed by atoms with van der Waals surface area (Å²) in [7, 11) is 0. The van der Waals surface area contributed by atoms with Crippen molar-refractivity contribution in [1.29, 1.82) is 0 Å². The molecule has 70 valence electrons. The van der Waals surface area contributed by atoms with E-state index in [1.54, 1.807) is 0 Å². The van der Waals surface area contributed by atoms with Crippen molar-refractivity contribution in [3.63, 3.8) is 0 Å². The van der Waals surface area contributed by atoms with Gasteiger partial charge in [0.2, 0.25) is 0 Å². The number of nitrogens with zero attached hydrogens (tertiary/aromatic N) is 1. The van der Waals surface area contributed by atoms with Gasteiger partial charge >= 0.3 is 0 Å². The third kappa shape index (κ3) is 1.51. The zero-order valence-electron chi connectivity index (χ0n) is 7.00. The van der Waals surface area contributed by atoms with E-state index in [0.29, 0.717) is 0 Å². The van der Waals surface area contributed by atoms with Crippen LogP contribution in [-0.2, 0) is 13.0 Å². The molecule has 1 aromatic carbocycles. The minimum atomic E-state index is -0.0261. The molecule has 0 atom stereocenters. The van der Waals surface area contributed by atoms with Crippen molar-refractivity contribution < 1.29 is 10.2 Å². The van der Waals surface area contributed by atoms with E-state index in [0.717, 1.165) is 30.6 Å². The Labute approximate surface area is 84.9 Å². The summed E-state index contributed by atoms with van der Waals surface area (Å²) in [5, 5.41) is 18.8. The molecule has 13 heavy (non-hydrogen) atoms. The maximum absolute atomic E-state index is 9.55. The van der Waals surface area contributed by atoms with Gasteiger partial charge in [0.1, 0.15) is 0 Å². The van der Waals surface area contributed by atoms with Gasteiger partial charge in [-0.2, -0.15) is 0 Å². The molecule has 0 aromatic heterocycles. The third-order valence-corrected chi connectivity index (χ3v) is 2.91. The first kappa shape index (κ1) is 8.84. The summed E-state index contributed by atoms with van der Waals surface area (Å²) in [5.74, 6) is 0.0138. The van der Waals surface area contributed by atoms with Crippen LogP contribution in [0.1, 0.15) is 11.1 Å². The molecule has 0 aliphatic carbocycles. The van der Waals surface area contributed by atoms with Crippen LogP contribution in [0.4, 0.5) is 0 Å². The van der Waals surface area contributed by atoms with Crippen LogP contribution >= 0.6 is 16.1 Å². The SMILES string of the molecule is Oc1ccc2c(c1O)CCN(Br)C2. The molecule has 0 saturated heterocycles. The summed E-state index contributed by atoms with van der Waals surface area (Å²) < 4.78 is 2.01. The number of phenolic OH excluding ortho intramolecular Hbond substituents is 2. The number of fused-ring (bicyclic) bond motifs is 1. The minimum Gasteiger partial charge on any atom is -0.504 e. The summed E-state index contributed by atoms with van der Waals surface area (Å²) in [6.45, 7) is 1.62. The first-order chi connectivity index (χ1) is 6.18. The predicted octanol–water partition coefficient (Wildman–Crippen LogP) is 1.77. The Hall–Kier alpha value is -0.740. The normalized spacial score (nSPS) is 17.0. The van der Waals surface area contributed by atoms with E-state index in [-0.39, 0.29) is 11.5 Å². The molecule has 1 aliphatic heterocycles. The molecular formula is C9H10BrNO2. The number of aromatic hydroxyl groups is 2. The molecule has 0 amide bonds. The molecule has 0 bridgehead atoms. The first-order valence-corrected chi connectivity index (χ1v) is 4.83. The molecule has 1 heterocycles. The van der Waals surface area contributed by atoms with E-state index in [4.69, 9.17) is 0 Å². The topological polar surface area (TPSA) is 43.7 Å². The molecule has 0 spiro atoms. The molecule has 3 nitrogen and oxygen atoms in total. The zero-order chi connectivity index (χ0) is 9.42. The standard InChI is InChI=1S/C9H10BrNO2/c10-11-4-3-7-6(5-11)1-2-8(12)9(7)13/h1-2,12-13H,3-5H2. The van der Waals surface area contributed by atoms with Crippen molar-refractivity contribution in [3.8, 4) is 11.5 Å². The fourth-order valence-electron chi connectivity index (χ4n) is 1.59. The second-order valence-corrected chi connectivity index (χ2v) is 4.17. The Kier molecular flexibility index (Phi) is 2.17. The molecule has 0 saturated carbocycles. The molecule has 0 radical (unpaired) electrons. The molecule has 1 aliphatic rings. The van der Waals surface area contributed by atoms with Gasteiger partial charge in [-0.3, -0.25) is 0 Å². The van der Waals surface area contributed by atoms with E-state index >= 15 is 0 Å². The molecule has 1 aromatic rings.